The fraction of sp³-hybridized carbons (Fsp3) is 0.400. The topological polar surface area (TPSA) is 38.3 Å². The third-order valence-corrected chi connectivity index (χ3v) is 3.32. The normalized spacial score (nSPS) is 11.9. The SMILES string of the molecule is C=CCNC(CC(=O)OC)Cc1ccc(Cl)c(C)c1. The van der Waals surface area contributed by atoms with Gasteiger partial charge in [-0.25, -0.2) is 0 Å². The lowest BCUT2D eigenvalue weighted by molar-refractivity contribution is -0.141. The molecule has 1 aromatic carbocycles. The number of methoxy groups -OCH3 is 1. The second-order valence-electron chi connectivity index (χ2n) is 4.46. The fourth-order valence-corrected chi connectivity index (χ4v) is 1.99. The van der Waals surface area contributed by atoms with Gasteiger partial charge in [0.15, 0.2) is 0 Å². The summed E-state index contributed by atoms with van der Waals surface area (Å²) in [5.41, 5.74) is 2.19. The Hall–Kier alpha value is -1.32. The number of nitrogens with one attached hydrogen (secondary N) is 1. The Balaban J connectivity index is 2.71. The van der Waals surface area contributed by atoms with E-state index < -0.39 is 0 Å². The van der Waals surface area contributed by atoms with E-state index in [1.165, 1.54) is 7.11 Å². The number of aryl methyl sites for hydroxylation is 1. The smallest absolute Gasteiger partial charge is 0.307 e. The second kappa shape index (κ2) is 7.97. The molecule has 0 saturated heterocycles. The maximum absolute atomic E-state index is 11.4. The van der Waals surface area contributed by atoms with Gasteiger partial charge in [-0.1, -0.05) is 29.8 Å². The molecule has 1 atom stereocenters. The van der Waals surface area contributed by atoms with Crippen LogP contribution in [-0.4, -0.2) is 25.7 Å². The van der Waals surface area contributed by atoms with E-state index in [9.17, 15) is 4.79 Å². The number of carbonyl (C=O) groups excluding carboxylic acids is 1. The molecule has 0 amide bonds. The molecule has 0 aromatic heterocycles. The highest BCUT2D eigenvalue weighted by molar-refractivity contribution is 6.31. The number of benzene rings is 1. The number of hydrogen-bond acceptors (Lipinski definition) is 3. The molecular formula is C15H20ClNO2. The van der Waals surface area contributed by atoms with E-state index in [1.807, 2.05) is 25.1 Å². The van der Waals surface area contributed by atoms with Crippen molar-refractivity contribution in [3.8, 4) is 0 Å². The van der Waals surface area contributed by atoms with E-state index in [4.69, 9.17) is 16.3 Å². The molecule has 1 aromatic rings. The minimum absolute atomic E-state index is 0.0334. The monoisotopic (exact) mass is 281 g/mol. The van der Waals surface area contributed by atoms with Crippen LogP contribution in [0.15, 0.2) is 30.9 Å². The molecule has 1 N–H and O–H groups in total. The van der Waals surface area contributed by atoms with Crippen LogP contribution >= 0.6 is 11.6 Å². The molecule has 0 aliphatic heterocycles. The van der Waals surface area contributed by atoms with E-state index in [0.29, 0.717) is 13.0 Å². The van der Waals surface area contributed by atoms with Crippen molar-refractivity contribution in [2.24, 2.45) is 0 Å². The average Bonchev–Trinajstić information content (AvgIpc) is 2.40. The van der Waals surface area contributed by atoms with Gasteiger partial charge in [0.1, 0.15) is 0 Å². The number of halogens is 1. The molecule has 0 spiro atoms. The van der Waals surface area contributed by atoms with Gasteiger partial charge in [-0.15, -0.1) is 6.58 Å². The Morgan fingerprint density at radius 2 is 2.32 bits per heavy atom. The summed E-state index contributed by atoms with van der Waals surface area (Å²) < 4.78 is 4.72. The molecule has 0 saturated carbocycles. The molecule has 104 valence electrons. The van der Waals surface area contributed by atoms with Crippen molar-refractivity contribution in [3.63, 3.8) is 0 Å². The lowest BCUT2D eigenvalue weighted by Crippen LogP contribution is -2.33. The van der Waals surface area contributed by atoms with Crippen molar-refractivity contribution in [3.05, 3.63) is 47.0 Å². The average molecular weight is 282 g/mol. The van der Waals surface area contributed by atoms with Crippen LogP contribution < -0.4 is 5.32 Å². The van der Waals surface area contributed by atoms with Crippen molar-refractivity contribution in [2.75, 3.05) is 13.7 Å². The number of ether oxygens (including phenoxy) is 1. The summed E-state index contributed by atoms with van der Waals surface area (Å²) in [4.78, 5) is 11.4. The van der Waals surface area contributed by atoms with Crippen LogP contribution in [0.4, 0.5) is 0 Å². The zero-order chi connectivity index (χ0) is 14.3. The molecule has 19 heavy (non-hydrogen) atoms. The van der Waals surface area contributed by atoms with Gasteiger partial charge in [0.05, 0.1) is 13.5 Å². The van der Waals surface area contributed by atoms with Crippen LogP contribution in [0.3, 0.4) is 0 Å². The standard InChI is InChI=1S/C15H20ClNO2/c1-4-7-17-13(10-15(18)19-3)9-12-5-6-14(16)11(2)8-12/h4-6,8,13,17H,1,7,9-10H2,2-3H3. The molecule has 1 unspecified atom stereocenters. The second-order valence-corrected chi connectivity index (χ2v) is 4.87. The highest BCUT2D eigenvalue weighted by Gasteiger charge is 2.14. The highest BCUT2D eigenvalue weighted by Crippen LogP contribution is 2.17. The Labute approximate surface area is 119 Å². The number of esters is 1. The summed E-state index contributed by atoms with van der Waals surface area (Å²) in [6, 6.07) is 5.94. The Morgan fingerprint density at radius 3 is 2.89 bits per heavy atom. The first-order chi connectivity index (χ1) is 9.06. The quantitative estimate of drug-likeness (QED) is 0.617. The van der Waals surface area contributed by atoms with E-state index >= 15 is 0 Å². The van der Waals surface area contributed by atoms with E-state index in [0.717, 1.165) is 22.6 Å². The molecule has 3 nitrogen and oxygen atoms in total. The summed E-state index contributed by atoms with van der Waals surface area (Å²) in [6.07, 6.45) is 2.87. The lowest BCUT2D eigenvalue weighted by Gasteiger charge is -2.17. The molecule has 0 aliphatic rings. The van der Waals surface area contributed by atoms with Crippen molar-refractivity contribution in [1.82, 2.24) is 5.32 Å². The van der Waals surface area contributed by atoms with Gasteiger partial charge in [0, 0.05) is 17.6 Å². The van der Waals surface area contributed by atoms with Gasteiger partial charge in [-0.3, -0.25) is 4.79 Å². The van der Waals surface area contributed by atoms with Gasteiger partial charge in [0.2, 0.25) is 0 Å². The van der Waals surface area contributed by atoms with E-state index in [1.54, 1.807) is 6.08 Å². The fourth-order valence-electron chi connectivity index (χ4n) is 1.87. The lowest BCUT2D eigenvalue weighted by atomic mass is 10.0. The van der Waals surface area contributed by atoms with Crippen LogP contribution in [0.25, 0.3) is 0 Å². The maximum Gasteiger partial charge on any atom is 0.307 e. The summed E-state index contributed by atoms with van der Waals surface area (Å²) >= 11 is 6.00. The number of carbonyl (C=O) groups is 1. The van der Waals surface area contributed by atoms with Crippen molar-refractivity contribution in [1.29, 1.82) is 0 Å². The highest BCUT2D eigenvalue weighted by atomic mass is 35.5. The molecule has 0 radical (unpaired) electrons. The molecule has 0 bridgehead atoms. The Morgan fingerprint density at radius 1 is 1.58 bits per heavy atom. The van der Waals surface area contributed by atoms with Gasteiger partial charge < -0.3 is 10.1 Å². The van der Waals surface area contributed by atoms with Crippen LogP contribution in [0, 0.1) is 6.92 Å². The van der Waals surface area contributed by atoms with Gasteiger partial charge in [-0.2, -0.15) is 0 Å². The molecule has 0 heterocycles. The summed E-state index contributed by atoms with van der Waals surface area (Å²) in [5.74, 6) is -0.216. The number of hydrogen-bond donors (Lipinski definition) is 1. The largest absolute Gasteiger partial charge is 0.469 e. The number of rotatable bonds is 7. The zero-order valence-corrected chi connectivity index (χ0v) is 12.2. The summed E-state index contributed by atoms with van der Waals surface area (Å²) in [5, 5.41) is 4.02. The Kier molecular flexibility index (Phi) is 6.60. The van der Waals surface area contributed by atoms with Gasteiger partial charge >= 0.3 is 5.97 Å². The van der Waals surface area contributed by atoms with Crippen molar-refractivity contribution >= 4 is 17.6 Å². The minimum Gasteiger partial charge on any atom is -0.469 e. The molecule has 0 fully saturated rings. The minimum atomic E-state index is -0.216. The van der Waals surface area contributed by atoms with Crippen molar-refractivity contribution < 1.29 is 9.53 Å². The van der Waals surface area contributed by atoms with Gasteiger partial charge in [-0.05, 0) is 30.5 Å². The third-order valence-electron chi connectivity index (χ3n) is 2.90. The first-order valence-electron chi connectivity index (χ1n) is 6.23. The predicted molar refractivity (Wildman–Crippen MR) is 78.5 cm³/mol. The van der Waals surface area contributed by atoms with Crippen molar-refractivity contribution in [2.45, 2.75) is 25.8 Å². The Bertz CT molecular complexity index is 446. The summed E-state index contributed by atoms with van der Waals surface area (Å²) in [7, 11) is 1.40. The molecular weight excluding hydrogens is 262 g/mol. The van der Waals surface area contributed by atoms with Crippen LogP contribution in [0.2, 0.25) is 5.02 Å². The third kappa shape index (κ3) is 5.45. The molecule has 4 heteroatoms. The predicted octanol–water partition coefficient (Wildman–Crippen LogP) is 2.90. The van der Waals surface area contributed by atoms with E-state index in [-0.39, 0.29) is 12.0 Å². The zero-order valence-electron chi connectivity index (χ0n) is 11.4. The van der Waals surface area contributed by atoms with Gasteiger partial charge in [0.25, 0.3) is 0 Å². The summed E-state index contributed by atoms with van der Waals surface area (Å²) in [6.45, 7) is 6.30. The van der Waals surface area contributed by atoms with Crippen LogP contribution in [0.5, 0.6) is 0 Å². The van der Waals surface area contributed by atoms with Crippen LogP contribution in [0.1, 0.15) is 17.5 Å². The van der Waals surface area contributed by atoms with Crippen LogP contribution in [-0.2, 0) is 16.0 Å². The molecule has 0 aliphatic carbocycles. The van der Waals surface area contributed by atoms with E-state index in [2.05, 4.69) is 11.9 Å². The maximum atomic E-state index is 11.4. The molecule has 1 rings (SSSR count). The first-order valence-corrected chi connectivity index (χ1v) is 6.60. The first kappa shape index (κ1) is 15.7.